The fraction of sp³-hybridized carbons (Fsp3) is 0.507. The number of nitrogens with zero attached hydrogens (tertiary/aromatic N) is 2. The maximum absolute atomic E-state index is 15.8. The number of aryl methyl sites for hydroxylation is 1. The van der Waals surface area contributed by atoms with Gasteiger partial charge in [-0.15, -0.1) is 0 Å². The number of ketones is 1. The lowest BCUT2D eigenvalue weighted by atomic mass is 9.81. The molecule has 98 heavy (non-hydrogen) atoms. The molecule has 536 valence electrons. The molecule has 2 aliphatic carbocycles. The van der Waals surface area contributed by atoms with Crippen molar-refractivity contribution in [1.29, 1.82) is 0 Å². The number of hydrogen-bond acceptors (Lipinski definition) is 15. The lowest BCUT2D eigenvalue weighted by Crippen LogP contribution is -2.30. The van der Waals surface area contributed by atoms with E-state index in [1.54, 1.807) is 0 Å². The number of anilines is 2. The number of primary sulfonamides is 1. The quantitative estimate of drug-likeness (QED) is 0.0124. The van der Waals surface area contributed by atoms with E-state index in [-0.39, 0.29) is 56.7 Å². The number of benzene rings is 4. The van der Waals surface area contributed by atoms with Gasteiger partial charge in [0.15, 0.2) is 37.9 Å². The van der Waals surface area contributed by atoms with Crippen LogP contribution in [0.15, 0.2) is 129 Å². The highest BCUT2D eigenvalue weighted by Gasteiger charge is 2.45. The third-order valence-corrected chi connectivity index (χ3v) is 22.7. The number of amides is 1. The fourth-order valence-electron chi connectivity index (χ4n) is 13.3. The second kappa shape index (κ2) is 34.2. The Labute approximate surface area is 575 Å². The minimum absolute atomic E-state index is 0.000627. The van der Waals surface area contributed by atoms with Crippen LogP contribution >= 0.6 is 0 Å². The fourth-order valence-corrected chi connectivity index (χ4v) is 16.6. The highest BCUT2D eigenvalue weighted by Crippen LogP contribution is 2.48. The molecule has 2 heterocycles. The largest absolute Gasteiger partial charge is 0.457 e. The Bertz CT molecular complexity index is 4170. The van der Waals surface area contributed by atoms with Crippen molar-refractivity contribution in [3.8, 4) is 5.75 Å². The maximum Gasteiger partial charge on any atom is 0.264 e. The zero-order valence-corrected chi connectivity index (χ0v) is 59.5. The van der Waals surface area contributed by atoms with Crippen molar-refractivity contribution >= 4 is 74.6 Å². The first-order chi connectivity index (χ1) is 46.4. The number of rotatable bonds is 35. The second-order valence-electron chi connectivity index (χ2n) is 26.5. The normalized spacial score (nSPS) is 17.8. The first-order valence-corrected chi connectivity index (χ1v) is 40.1. The molecule has 0 atom stereocenters. The smallest absolute Gasteiger partial charge is 0.264 e. The Kier molecular flexibility index (Phi) is 26.9. The summed E-state index contributed by atoms with van der Waals surface area (Å²) in [6.45, 7) is 10.1. The highest BCUT2D eigenvalue weighted by atomic mass is 32.2. The number of sulfonamides is 1. The van der Waals surface area contributed by atoms with Gasteiger partial charge >= 0.3 is 0 Å². The second-order valence-corrected chi connectivity index (χ2v) is 33.2. The summed E-state index contributed by atoms with van der Waals surface area (Å²) < 4.78 is 183. The number of nitrogens with one attached hydrogen (secondary N) is 2. The Balaban J connectivity index is 0.847. The van der Waals surface area contributed by atoms with Gasteiger partial charge in [0.25, 0.3) is 20.2 Å². The monoisotopic (exact) mass is 1440 g/mol. The highest BCUT2D eigenvalue weighted by molar-refractivity contribution is 7.91. The van der Waals surface area contributed by atoms with Crippen molar-refractivity contribution in [2.24, 2.45) is 5.14 Å². The molecule has 2 aliphatic heterocycles. The Morgan fingerprint density at radius 1 is 0.663 bits per heavy atom. The molecule has 4 aromatic rings. The van der Waals surface area contributed by atoms with E-state index in [9.17, 15) is 52.4 Å². The summed E-state index contributed by atoms with van der Waals surface area (Å²) in [5, 5.41) is 10.1. The van der Waals surface area contributed by atoms with Gasteiger partial charge in [-0.3, -0.25) is 18.7 Å². The number of unbranched alkanes of at least 4 members (excludes halogenated alkanes) is 2. The van der Waals surface area contributed by atoms with Gasteiger partial charge in [0.05, 0.1) is 54.8 Å². The molecule has 0 radical (unpaired) electrons. The summed E-state index contributed by atoms with van der Waals surface area (Å²) in [7, 11) is -18.3. The van der Waals surface area contributed by atoms with Crippen molar-refractivity contribution in [1.82, 2.24) is 5.32 Å². The molecule has 4 aromatic carbocycles. The summed E-state index contributed by atoms with van der Waals surface area (Å²) in [5.74, 6) is -7.40. The van der Waals surface area contributed by atoms with E-state index in [0.29, 0.717) is 95.2 Å². The van der Waals surface area contributed by atoms with E-state index in [4.69, 9.17) is 19.3 Å². The van der Waals surface area contributed by atoms with Crippen molar-refractivity contribution in [3.63, 3.8) is 0 Å². The molecule has 0 saturated heterocycles. The van der Waals surface area contributed by atoms with Gasteiger partial charge in [-0.2, -0.15) is 21.4 Å². The van der Waals surface area contributed by atoms with E-state index in [2.05, 4.69) is 96.4 Å². The van der Waals surface area contributed by atoms with Crippen LogP contribution in [0.4, 0.5) is 30.2 Å². The first kappa shape index (κ1) is 77.2. The average Bonchev–Trinajstić information content (AvgIpc) is 1.36. The van der Waals surface area contributed by atoms with Crippen LogP contribution in [-0.2, 0) is 76.4 Å². The molecule has 0 unspecified atom stereocenters. The topological polar surface area (TPSA) is 295 Å². The van der Waals surface area contributed by atoms with E-state index < -0.39 is 108 Å². The molecule has 0 bridgehead atoms. The molecule has 6 N–H and O–H groups in total. The van der Waals surface area contributed by atoms with Crippen LogP contribution in [0, 0.1) is 17.5 Å². The summed E-state index contributed by atoms with van der Waals surface area (Å²) in [4.78, 5) is 24.6. The van der Waals surface area contributed by atoms with Crippen LogP contribution in [0.3, 0.4) is 0 Å². The number of halogens is 3. The first-order valence-electron chi connectivity index (χ1n) is 33.7. The van der Waals surface area contributed by atoms with Crippen LogP contribution in [0.25, 0.3) is 0 Å². The van der Waals surface area contributed by atoms with Crippen LogP contribution in [-0.4, -0.2) is 134 Å². The van der Waals surface area contributed by atoms with Crippen LogP contribution in [0.2, 0.25) is 0 Å². The molecular formula is C71H93F3N5O15S4+. The molecule has 0 aromatic heterocycles. The predicted molar refractivity (Wildman–Crippen MR) is 372 cm³/mol. The summed E-state index contributed by atoms with van der Waals surface area (Å²) in [6.07, 6.45) is 18.4. The zero-order chi connectivity index (χ0) is 71.1. The number of sulfone groups is 1. The molecule has 1 amide bonds. The minimum atomic E-state index is -5.17. The number of para-hydroxylation sites is 2. The average molecular weight is 1440 g/mol. The van der Waals surface area contributed by atoms with E-state index in [0.717, 1.165) is 89.1 Å². The standard InChI is InChI=1S/C71H92F3N5O15S4/c1-70(2)56-26-10-12-28-58(56)78(41-14-16-47-96(84,85)86)60(70)36-32-51-21-19-22-52(33-37-61-71(3,4)57-27-11-13-29-59(57)79(61)42-15-17-48-97(87,88)89)67(51)94-55-34-30-50(31-35-55)20-18-25-54(80)38-43-92-45-46-93-44-40-76-62(81)39-49-95(82,83)69-64(73)63(72)68(98(75,90)91)65(74)66(69)77-53-23-8-6-5-7-9-24-53/h10-13,26-37,53,77H,5-9,14-25,38-49H2,1-4H3,(H4-,75,76,81,84,85,86,87,88,89,90,91)/p+1. The zero-order valence-electron chi connectivity index (χ0n) is 56.3. The molecule has 4 aliphatic rings. The number of ether oxygens (including phenoxy) is 3. The van der Waals surface area contributed by atoms with Crippen molar-refractivity contribution < 1.29 is 84.3 Å². The minimum Gasteiger partial charge on any atom is -0.457 e. The third kappa shape index (κ3) is 20.8. The van der Waals surface area contributed by atoms with Crippen LogP contribution in [0.1, 0.15) is 160 Å². The molecule has 8 rings (SSSR count). The molecule has 1 fully saturated rings. The lowest BCUT2D eigenvalue weighted by molar-refractivity contribution is -0.438. The van der Waals surface area contributed by atoms with E-state index >= 15 is 13.2 Å². The lowest BCUT2D eigenvalue weighted by Gasteiger charge is -2.27. The number of Topliss-reactive ketones (excluding diaryl/α,β-unsaturated/α-hetero) is 1. The van der Waals surface area contributed by atoms with Crippen LogP contribution in [0.5, 0.6) is 5.75 Å². The summed E-state index contributed by atoms with van der Waals surface area (Å²) >= 11 is 0. The number of hydrogen-bond donors (Lipinski definition) is 5. The summed E-state index contributed by atoms with van der Waals surface area (Å²) in [6, 6.07) is 23.6. The molecule has 20 nitrogen and oxygen atoms in total. The molecule has 27 heteroatoms. The Morgan fingerprint density at radius 3 is 1.98 bits per heavy atom. The Morgan fingerprint density at radius 2 is 1.30 bits per heavy atom. The van der Waals surface area contributed by atoms with Gasteiger partial charge in [-0.25, -0.2) is 35.1 Å². The number of carbonyl (C=O) groups excluding carboxylic acids is 2. The number of nitrogens with two attached hydrogens (primary N) is 1. The van der Waals surface area contributed by atoms with Crippen molar-refractivity contribution in [2.75, 3.05) is 73.5 Å². The van der Waals surface area contributed by atoms with Gasteiger partial charge in [0.1, 0.15) is 28.7 Å². The van der Waals surface area contributed by atoms with E-state index in [1.807, 2.05) is 48.5 Å². The molecule has 1 saturated carbocycles. The van der Waals surface area contributed by atoms with Crippen molar-refractivity contribution in [3.05, 3.63) is 154 Å². The molecule has 0 spiro atoms. The Hall–Kier alpha value is -6.56. The van der Waals surface area contributed by atoms with Gasteiger partial charge in [0.2, 0.25) is 21.6 Å². The van der Waals surface area contributed by atoms with Gasteiger partial charge < -0.3 is 29.7 Å². The predicted octanol–water partition coefficient (Wildman–Crippen LogP) is 12.0. The van der Waals surface area contributed by atoms with Gasteiger partial charge in [0, 0.05) is 79.3 Å². The molecular weight excluding hydrogens is 1350 g/mol. The van der Waals surface area contributed by atoms with Gasteiger partial charge in [-0.05, 0) is 131 Å². The van der Waals surface area contributed by atoms with Gasteiger partial charge in [-0.1, -0.05) is 101 Å². The number of carbonyl (C=O) groups is 2. The van der Waals surface area contributed by atoms with E-state index in [1.165, 1.54) is 0 Å². The number of fused-ring (bicyclic) bond motifs is 2. The van der Waals surface area contributed by atoms with Crippen LogP contribution < -0.4 is 25.4 Å². The maximum atomic E-state index is 15.8. The number of allylic oxidation sites excluding steroid dienone is 7. The third-order valence-electron chi connectivity index (χ3n) is 18.4. The SMILES string of the molecule is CC1(C)C(=CC=C2CCCC(C=CC3=[N+](CCCCS(=O)(=O)O)c4ccccc4C3(C)C)=C2Oc2ccc(CCCC(=O)CCOCCOCCNC(=O)CCS(=O)(=O)c3c(F)c(F)c(S(N)(=O)=O)c(F)c3NC3CCCCCCC3)cc2)N(CCCCS(=O)(=O)O)c2ccccc21. The summed E-state index contributed by atoms with van der Waals surface area (Å²) in [5.41, 5.74) is 7.54. The van der Waals surface area contributed by atoms with Crippen molar-refractivity contribution in [2.45, 2.75) is 176 Å².